The zero-order valence-electron chi connectivity index (χ0n) is 9.87. The summed E-state index contributed by atoms with van der Waals surface area (Å²) in [7, 11) is 0. The van der Waals surface area contributed by atoms with Crippen LogP contribution in [-0.4, -0.2) is 10.8 Å². The summed E-state index contributed by atoms with van der Waals surface area (Å²) >= 11 is 0. The number of imidazole rings is 1. The third-order valence-electron chi connectivity index (χ3n) is 2.84. The fourth-order valence-corrected chi connectivity index (χ4v) is 2.14. The summed E-state index contributed by atoms with van der Waals surface area (Å²) in [6, 6.07) is 8.24. The van der Waals surface area contributed by atoms with Gasteiger partial charge in [-0.05, 0) is 30.7 Å². The van der Waals surface area contributed by atoms with Crippen LogP contribution in [0.2, 0.25) is 0 Å². The molecule has 0 bridgehead atoms. The normalized spacial score (nSPS) is 13.2. The van der Waals surface area contributed by atoms with Crippen LogP contribution in [-0.2, 0) is 0 Å². The minimum absolute atomic E-state index is 0.295. The molecular weight excluding hydrogens is 216 g/mol. The fraction of sp³-hybridized carbons (Fsp3) is 0.250. The molecule has 2 N–H and O–H groups in total. The summed E-state index contributed by atoms with van der Waals surface area (Å²) in [5, 5.41) is 0. The van der Waals surface area contributed by atoms with Gasteiger partial charge < -0.3 is 4.84 Å². The molecular formula is C12H15N4O+. The third kappa shape index (κ3) is 1.35. The number of nitrogen functional groups attached to an aromatic ring is 1. The van der Waals surface area contributed by atoms with Crippen molar-refractivity contribution in [2.75, 3.05) is 10.7 Å². The first-order chi connectivity index (χ1) is 8.18. The van der Waals surface area contributed by atoms with Crippen LogP contribution in [0.25, 0.3) is 0 Å². The number of hydrogen-bond acceptors (Lipinski definition) is 3. The van der Waals surface area contributed by atoms with E-state index >= 15 is 0 Å². The Morgan fingerprint density at radius 2 is 2.06 bits per heavy atom. The molecule has 0 spiro atoms. The standard InChI is InChI=1S/C12H15N4O/c1-9(2)16-10-5-3-4-6-11(10)17-15-8-7-14(13)12(15)16/h3-9H,13H2,1-2H3/q+1. The minimum atomic E-state index is 0.295. The van der Waals surface area contributed by atoms with E-state index in [1.807, 2.05) is 24.3 Å². The summed E-state index contributed by atoms with van der Waals surface area (Å²) in [5.74, 6) is 7.58. The number of benzene rings is 1. The highest BCUT2D eigenvalue weighted by atomic mass is 16.7. The first-order valence-electron chi connectivity index (χ1n) is 5.63. The maximum atomic E-state index is 5.92. The Balaban J connectivity index is 2.22. The molecule has 1 aliphatic rings. The smallest absolute Gasteiger partial charge is 0.314 e. The van der Waals surface area contributed by atoms with Crippen LogP contribution in [0.1, 0.15) is 13.8 Å². The molecule has 0 unspecified atom stereocenters. The minimum Gasteiger partial charge on any atom is -0.314 e. The highest BCUT2D eigenvalue weighted by Crippen LogP contribution is 2.37. The highest BCUT2D eigenvalue weighted by molar-refractivity contribution is 5.66. The van der Waals surface area contributed by atoms with Gasteiger partial charge in [0.05, 0.1) is 6.04 Å². The van der Waals surface area contributed by atoms with Gasteiger partial charge in [-0.3, -0.25) is 5.84 Å². The lowest BCUT2D eigenvalue weighted by atomic mass is 10.2. The van der Waals surface area contributed by atoms with E-state index in [1.165, 1.54) is 0 Å². The van der Waals surface area contributed by atoms with Crippen molar-refractivity contribution < 1.29 is 9.51 Å². The Bertz CT molecular complexity index is 561. The zero-order chi connectivity index (χ0) is 12.0. The molecule has 1 aliphatic heterocycles. The summed E-state index contributed by atoms with van der Waals surface area (Å²) < 4.78 is 3.25. The van der Waals surface area contributed by atoms with Crippen molar-refractivity contribution in [3.8, 4) is 5.75 Å². The molecule has 1 aromatic carbocycles. The van der Waals surface area contributed by atoms with Crippen molar-refractivity contribution in [3.05, 3.63) is 36.7 Å². The molecule has 0 aliphatic carbocycles. The maximum Gasteiger partial charge on any atom is 0.424 e. The summed E-state index contributed by atoms with van der Waals surface area (Å²) in [5.41, 5.74) is 1.04. The number of nitrogens with zero attached hydrogens (tertiary/aromatic N) is 3. The lowest BCUT2D eigenvalue weighted by Gasteiger charge is -2.26. The lowest BCUT2D eigenvalue weighted by Crippen LogP contribution is -2.50. The van der Waals surface area contributed by atoms with Gasteiger partial charge in [0, 0.05) is 0 Å². The van der Waals surface area contributed by atoms with Gasteiger partial charge in [-0.1, -0.05) is 12.1 Å². The van der Waals surface area contributed by atoms with Crippen molar-refractivity contribution in [2.45, 2.75) is 19.9 Å². The monoisotopic (exact) mass is 231 g/mol. The molecule has 5 heteroatoms. The van der Waals surface area contributed by atoms with Crippen molar-refractivity contribution in [3.63, 3.8) is 0 Å². The van der Waals surface area contributed by atoms with E-state index in [-0.39, 0.29) is 0 Å². The van der Waals surface area contributed by atoms with Gasteiger partial charge in [0.15, 0.2) is 0 Å². The molecule has 0 saturated heterocycles. The number of hydrogen-bond donors (Lipinski definition) is 1. The Kier molecular flexibility index (Phi) is 2.01. The van der Waals surface area contributed by atoms with Gasteiger partial charge >= 0.3 is 5.95 Å². The van der Waals surface area contributed by atoms with Crippen molar-refractivity contribution in [1.82, 2.24) is 4.73 Å². The molecule has 0 radical (unpaired) electrons. The lowest BCUT2D eigenvalue weighted by molar-refractivity contribution is -0.626. The van der Waals surface area contributed by atoms with E-state index < -0.39 is 0 Å². The molecule has 0 amide bonds. The van der Waals surface area contributed by atoms with Crippen molar-refractivity contribution >= 4 is 11.6 Å². The number of para-hydroxylation sites is 2. The van der Waals surface area contributed by atoms with Gasteiger partial charge in [0.1, 0.15) is 18.1 Å². The number of aromatic nitrogens is 2. The third-order valence-corrected chi connectivity index (χ3v) is 2.84. The second kappa shape index (κ2) is 3.41. The van der Waals surface area contributed by atoms with Gasteiger partial charge in [0.2, 0.25) is 5.75 Å². The Hall–Kier alpha value is -2.17. The summed E-state index contributed by atoms with van der Waals surface area (Å²) in [4.78, 5) is 7.90. The van der Waals surface area contributed by atoms with E-state index in [0.29, 0.717) is 6.04 Å². The number of fused-ring (bicyclic) bond motifs is 2. The summed E-state index contributed by atoms with van der Waals surface area (Å²) in [6.45, 7) is 4.25. The maximum absolute atomic E-state index is 5.92. The van der Waals surface area contributed by atoms with Gasteiger partial charge in [-0.15, -0.1) is 4.68 Å². The quantitative estimate of drug-likeness (QED) is 0.592. The zero-order valence-corrected chi connectivity index (χ0v) is 9.87. The largest absolute Gasteiger partial charge is 0.424 e. The first-order valence-corrected chi connectivity index (χ1v) is 5.63. The molecule has 88 valence electrons. The van der Waals surface area contributed by atoms with Crippen molar-refractivity contribution in [2.24, 2.45) is 0 Å². The van der Waals surface area contributed by atoms with E-state index in [4.69, 9.17) is 10.7 Å². The predicted molar refractivity (Wildman–Crippen MR) is 64.5 cm³/mol. The SMILES string of the molecule is CC(C)N1c2ccccc2On2cc[n+](N)c21. The van der Waals surface area contributed by atoms with Crippen LogP contribution in [0.15, 0.2) is 36.7 Å². The number of rotatable bonds is 1. The molecule has 0 fully saturated rings. The Morgan fingerprint density at radius 3 is 2.82 bits per heavy atom. The fourth-order valence-electron chi connectivity index (χ4n) is 2.14. The molecule has 2 aromatic rings. The molecule has 3 rings (SSSR count). The highest BCUT2D eigenvalue weighted by Gasteiger charge is 2.36. The predicted octanol–water partition coefficient (Wildman–Crippen LogP) is 1.19. The topological polar surface area (TPSA) is 47.3 Å². The van der Waals surface area contributed by atoms with Crippen LogP contribution in [0, 0.1) is 0 Å². The van der Waals surface area contributed by atoms with Gasteiger partial charge in [-0.2, -0.15) is 0 Å². The average Bonchev–Trinajstić information content (AvgIpc) is 2.67. The van der Waals surface area contributed by atoms with Crippen molar-refractivity contribution in [1.29, 1.82) is 0 Å². The molecule has 1 aromatic heterocycles. The van der Waals surface area contributed by atoms with E-state index in [9.17, 15) is 0 Å². The molecule has 0 saturated carbocycles. The molecule has 0 atom stereocenters. The van der Waals surface area contributed by atoms with E-state index in [0.717, 1.165) is 17.4 Å². The van der Waals surface area contributed by atoms with Crippen LogP contribution < -0.4 is 20.3 Å². The first kappa shape index (κ1) is 10.0. The van der Waals surface area contributed by atoms with Gasteiger partial charge in [0.25, 0.3) is 0 Å². The average molecular weight is 231 g/mol. The molecule has 17 heavy (non-hydrogen) atoms. The number of anilines is 2. The Labute approximate surface area is 99.6 Å². The van der Waals surface area contributed by atoms with Gasteiger partial charge in [-0.25, -0.2) is 4.90 Å². The Morgan fingerprint density at radius 1 is 1.29 bits per heavy atom. The molecule has 2 heterocycles. The van der Waals surface area contributed by atoms with Crippen LogP contribution in [0.5, 0.6) is 5.75 Å². The van der Waals surface area contributed by atoms with Crippen LogP contribution in [0.3, 0.4) is 0 Å². The number of nitrogens with two attached hydrogens (primary N) is 1. The van der Waals surface area contributed by atoms with E-state index in [2.05, 4.69) is 18.7 Å². The molecule has 5 nitrogen and oxygen atoms in total. The second-order valence-electron chi connectivity index (χ2n) is 4.35. The van der Waals surface area contributed by atoms with E-state index in [1.54, 1.807) is 21.8 Å². The second-order valence-corrected chi connectivity index (χ2v) is 4.35. The summed E-state index contributed by atoms with van der Waals surface area (Å²) in [6.07, 6.45) is 3.58. The van der Waals surface area contributed by atoms with Crippen LogP contribution in [0.4, 0.5) is 11.6 Å². The van der Waals surface area contributed by atoms with Crippen LogP contribution >= 0.6 is 0 Å².